The van der Waals surface area contributed by atoms with Crippen molar-refractivity contribution in [2.75, 3.05) is 47.4 Å². The predicted octanol–water partition coefficient (Wildman–Crippen LogP) is 17.6. The Morgan fingerprint density at radius 3 is 1.38 bits per heavy atom. The molecule has 4 atom stereocenters. The molecule has 4 unspecified atom stereocenters. The molecule has 1 N–H and O–H groups in total. The number of nitrogens with zero attached hydrogens (tertiary/aromatic N) is 3. The highest BCUT2D eigenvalue weighted by Crippen LogP contribution is 2.24. The summed E-state index contributed by atoms with van der Waals surface area (Å²) in [6, 6.07) is 1.31. The van der Waals surface area contributed by atoms with Crippen LogP contribution in [-0.4, -0.2) is 82.2 Å². The van der Waals surface area contributed by atoms with Crippen LogP contribution in [0.5, 0.6) is 0 Å². The van der Waals surface area contributed by atoms with Crippen LogP contribution in [-0.2, 0) is 4.74 Å². The summed E-state index contributed by atoms with van der Waals surface area (Å²) in [6.07, 6.45) is 9.20. The van der Waals surface area contributed by atoms with E-state index in [0.29, 0.717) is 12.0 Å². The van der Waals surface area contributed by atoms with Crippen LogP contribution in [0, 0.1) is 11.8 Å². The predicted molar refractivity (Wildman–Crippen MR) is 282 cm³/mol. The van der Waals surface area contributed by atoms with E-state index in [0.717, 1.165) is 37.2 Å². The van der Waals surface area contributed by atoms with E-state index in [1.165, 1.54) is 61.9 Å². The van der Waals surface area contributed by atoms with Crippen LogP contribution < -0.4 is 5.32 Å². The van der Waals surface area contributed by atoms with Crippen molar-refractivity contribution >= 4 is 6.72 Å². The molecular formula is C53H113F3N4O. The third kappa shape index (κ3) is 66.9. The van der Waals surface area contributed by atoms with Crippen LogP contribution in [0.1, 0.15) is 191 Å². The van der Waals surface area contributed by atoms with E-state index >= 15 is 0 Å². The maximum Gasteiger partial charge on any atom is 0.432 e. The summed E-state index contributed by atoms with van der Waals surface area (Å²) < 4.78 is 38.5. The molecule has 0 aromatic carbocycles. The number of likely N-dealkylation sites (tertiary alicyclic amines) is 1. The molecule has 8 heteroatoms. The van der Waals surface area contributed by atoms with E-state index in [2.05, 4.69) is 156 Å². The van der Waals surface area contributed by atoms with E-state index in [9.17, 15) is 13.2 Å². The molecule has 1 heterocycles. The highest BCUT2D eigenvalue weighted by Gasteiger charge is 2.31. The van der Waals surface area contributed by atoms with Crippen molar-refractivity contribution < 1.29 is 17.9 Å². The minimum Gasteiger partial charge on any atom is -0.383 e. The molecule has 0 bridgehead atoms. The summed E-state index contributed by atoms with van der Waals surface area (Å²) in [5.74, 6) is 1.62. The lowest BCUT2D eigenvalue weighted by atomic mass is 9.90. The molecule has 0 amide bonds. The van der Waals surface area contributed by atoms with Crippen LogP contribution in [0.3, 0.4) is 0 Å². The van der Waals surface area contributed by atoms with Crippen molar-refractivity contribution in [2.45, 2.75) is 209 Å². The second-order valence-corrected chi connectivity index (χ2v) is 13.4. The Hall–Kier alpha value is -2.42. The lowest BCUT2D eigenvalue weighted by Gasteiger charge is -2.41. The molecular weight excluding hydrogens is 766 g/mol. The Morgan fingerprint density at radius 2 is 1.25 bits per heavy atom. The second-order valence-electron chi connectivity index (χ2n) is 13.4. The van der Waals surface area contributed by atoms with Gasteiger partial charge in [-0.3, -0.25) is 4.99 Å². The maximum absolute atomic E-state index is 11.2. The fourth-order valence-electron chi connectivity index (χ4n) is 3.78. The van der Waals surface area contributed by atoms with Gasteiger partial charge in [-0.2, -0.15) is 13.2 Å². The normalized spacial score (nSPS) is 14.4. The Balaban J connectivity index is -0.0000000646. The van der Waals surface area contributed by atoms with E-state index in [1.54, 1.807) is 13.2 Å². The molecule has 61 heavy (non-hydrogen) atoms. The number of methoxy groups -OCH3 is 1. The molecule has 0 aliphatic carbocycles. The summed E-state index contributed by atoms with van der Waals surface area (Å²) >= 11 is 0. The fraction of sp³-hybridized carbons (Fsp3) is 0.755. The van der Waals surface area contributed by atoms with Crippen LogP contribution in [0.15, 0.2) is 77.6 Å². The fourth-order valence-corrected chi connectivity index (χ4v) is 3.78. The zero-order valence-electron chi connectivity index (χ0n) is 46.0. The van der Waals surface area contributed by atoms with E-state index in [4.69, 9.17) is 4.74 Å². The van der Waals surface area contributed by atoms with Crippen LogP contribution in [0.4, 0.5) is 13.2 Å². The van der Waals surface area contributed by atoms with Crippen molar-refractivity contribution in [3.8, 4) is 0 Å². The van der Waals surface area contributed by atoms with E-state index in [-0.39, 0.29) is 0 Å². The maximum atomic E-state index is 11.2. The Bertz CT molecular complexity index is 939. The number of halogens is 3. The summed E-state index contributed by atoms with van der Waals surface area (Å²) in [4.78, 5) is 7.41. The van der Waals surface area contributed by atoms with Crippen LogP contribution in [0.2, 0.25) is 0 Å². The van der Waals surface area contributed by atoms with Gasteiger partial charge in [-0.05, 0) is 101 Å². The van der Waals surface area contributed by atoms with E-state index < -0.39 is 11.9 Å². The first-order valence-corrected chi connectivity index (χ1v) is 23.7. The van der Waals surface area contributed by atoms with Crippen molar-refractivity contribution in [2.24, 2.45) is 16.8 Å². The average Bonchev–Trinajstić information content (AvgIpc) is 3.30. The van der Waals surface area contributed by atoms with Gasteiger partial charge in [0.15, 0.2) is 0 Å². The number of allylic oxidation sites excluding steroid dienone is 8. The average molecular weight is 880 g/mol. The minimum atomic E-state index is -4.41. The van der Waals surface area contributed by atoms with Crippen molar-refractivity contribution in [3.05, 3.63) is 72.7 Å². The minimum absolute atomic E-state index is 0.477. The molecule has 1 aliphatic heterocycles. The zero-order chi connectivity index (χ0) is 51.2. The first-order valence-electron chi connectivity index (χ1n) is 23.7. The first-order chi connectivity index (χ1) is 28.6. The molecule has 1 fully saturated rings. The topological polar surface area (TPSA) is 40.1 Å². The van der Waals surface area contributed by atoms with Crippen LogP contribution >= 0.6 is 0 Å². The summed E-state index contributed by atoms with van der Waals surface area (Å²) in [5, 5.41) is 3.04. The molecule has 1 saturated heterocycles. The van der Waals surface area contributed by atoms with Crippen LogP contribution in [0.25, 0.3) is 0 Å². The quantitative estimate of drug-likeness (QED) is 0.131. The summed E-state index contributed by atoms with van der Waals surface area (Å²) in [7, 11) is 5.79. The van der Waals surface area contributed by atoms with Gasteiger partial charge in [-0.25, -0.2) is 0 Å². The standard InChI is InChI=1S/C17H31N.C6H13N.C5H13NO.C5H8.C4H4F3N.2C4H10.4C2H6/c1-8-14(5)16(7)17(10-3)12-13-18(11-4)15(6)9-2;1-5-4-7(3)6(5)2;1-5(6-2)4-7-3;1-4-5(2)3;1-3(8-2)4(5,6)7;2*1-3-4-2;4*1-2/h8-9,17H,1,10-13H2,2-7H3;2*5-6H,4H2,1-3H3;4H,1-2H2,3H3;1-2H2;2*3-4H2,1-2H3;4*1-2H3/b15-9+,16-14+;;;;;;;;;;. The van der Waals surface area contributed by atoms with Crippen molar-refractivity contribution in [1.29, 1.82) is 0 Å². The summed E-state index contributed by atoms with van der Waals surface area (Å²) in [6.45, 7) is 67.0. The van der Waals surface area contributed by atoms with Gasteiger partial charge in [-0.1, -0.05) is 184 Å². The molecule has 1 aliphatic rings. The van der Waals surface area contributed by atoms with Crippen molar-refractivity contribution in [3.63, 3.8) is 0 Å². The largest absolute Gasteiger partial charge is 0.432 e. The van der Waals surface area contributed by atoms with Crippen molar-refractivity contribution in [1.82, 2.24) is 15.1 Å². The van der Waals surface area contributed by atoms with Gasteiger partial charge in [0.05, 0.1) is 6.61 Å². The number of hydrogen-bond donors (Lipinski definition) is 1. The summed E-state index contributed by atoms with van der Waals surface area (Å²) in [5.41, 5.74) is 4.09. The number of rotatable bonds is 15. The number of unbranched alkanes of at least 4 members (excludes halogenated alkanes) is 2. The number of hydrogen-bond acceptors (Lipinski definition) is 5. The third-order valence-electron chi connectivity index (χ3n) is 8.95. The lowest BCUT2D eigenvalue weighted by Crippen LogP contribution is -2.50. The Labute approximate surface area is 384 Å². The third-order valence-corrected chi connectivity index (χ3v) is 8.95. The van der Waals surface area contributed by atoms with Gasteiger partial charge >= 0.3 is 6.18 Å². The SMILES string of the molecule is C=C/C(C)=C(\C)C(CC)CCN(CC)/C(C)=C/C.C=CC(=C)C.C=NC(=C)C(F)(F)F.CC.CC.CC.CC.CC1CN(C)C1C.CCCC.CCCC.CNC(C)COC. The Morgan fingerprint density at radius 1 is 0.852 bits per heavy atom. The van der Waals surface area contributed by atoms with Gasteiger partial charge < -0.3 is 19.9 Å². The monoisotopic (exact) mass is 879 g/mol. The molecule has 0 saturated carbocycles. The smallest absolute Gasteiger partial charge is 0.383 e. The molecule has 1 rings (SSSR count). The van der Waals surface area contributed by atoms with Gasteiger partial charge in [0.2, 0.25) is 0 Å². The number of likely N-dealkylation sites (N-methyl/N-ethyl adjacent to an activating group) is 1. The highest BCUT2D eigenvalue weighted by atomic mass is 19.4. The number of nitrogens with one attached hydrogen (secondary N) is 1. The van der Waals surface area contributed by atoms with Gasteiger partial charge in [0, 0.05) is 44.5 Å². The second kappa shape index (κ2) is 66.7. The molecule has 0 spiro atoms. The van der Waals surface area contributed by atoms with Gasteiger partial charge in [0.1, 0.15) is 5.70 Å². The lowest BCUT2D eigenvalue weighted by molar-refractivity contribution is -0.0918. The van der Waals surface area contributed by atoms with Gasteiger partial charge in [0.25, 0.3) is 0 Å². The van der Waals surface area contributed by atoms with E-state index in [1.807, 2.05) is 75.4 Å². The number of alkyl halides is 3. The molecule has 0 aromatic heterocycles. The number of aliphatic imine (C=N–C) groups is 1. The molecule has 5 nitrogen and oxygen atoms in total. The molecule has 372 valence electrons. The molecule has 0 aromatic rings. The zero-order valence-corrected chi connectivity index (χ0v) is 46.0. The first kappa shape index (κ1) is 82.3. The Kier molecular flexibility index (Phi) is 90.0. The molecule has 0 radical (unpaired) electrons. The highest BCUT2D eigenvalue weighted by molar-refractivity contribution is 5.29. The number of ether oxygens (including phenoxy) is 1. The van der Waals surface area contributed by atoms with Gasteiger partial charge in [-0.15, -0.1) is 0 Å².